The van der Waals surface area contributed by atoms with Gasteiger partial charge in [-0.3, -0.25) is 0 Å². The lowest BCUT2D eigenvalue weighted by Gasteiger charge is -2.20. The van der Waals surface area contributed by atoms with Gasteiger partial charge in [0.1, 0.15) is 52.0 Å². The molecule has 5 aromatic rings. The number of hydrogen-bond donors (Lipinski definition) is 0. The van der Waals surface area contributed by atoms with E-state index < -0.39 is 52.1 Å². The highest BCUT2D eigenvalue weighted by atomic mass is 19.3. The van der Waals surface area contributed by atoms with Gasteiger partial charge in [-0.2, -0.15) is 14.0 Å². The Hall–Kier alpha value is -5.10. The van der Waals surface area contributed by atoms with E-state index in [1.54, 1.807) is 12.1 Å². The topological polar surface area (TPSA) is 33.0 Å². The minimum Gasteiger partial charge on any atom is -0.429 e. The first kappa shape index (κ1) is 32.3. The molecule has 0 spiro atoms. The molecule has 2 nitrogen and oxygen atoms in total. The first-order valence-corrected chi connectivity index (χ1v) is 14.5. The molecule has 0 N–H and O–H groups in total. The summed E-state index contributed by atoms with van der Waals surface area (Å²) in [5.41, 5.74) is -0.241. The predicted octanol–water partition coefficient (Wildman–Crippen LogP) is 11.1. The number of benzene rings is 5. The molecule has 0 amide bonds. The third-order valence-corrected chi connectivity index (χ3v) is 7.56. The van der Waals surface area contributed by atoms with Gasteiger partial charge >= 0.3 is 6.11 Å². The van der Waals surface area contributed by atoms with Crippen LogP contribution in [0.5, 0.6) is 5.75 Å². The molecule has 0 bridgehead atoms. The lowest BCUT2D eigenvalue weighted by molar-refractivity contribution is -0.189. The molecule has 0 fully saturated rings. The van der Waals surface area contributed by atoms with Crippen LogP contribution in [0.15, 0.2) is 91.0 Å². The Labute approximate surface area is 261 Å². The molecule has 9 heteroatoms. The smallest absolute Gasteiger partial charge is 0.429 e. The maximum absolute atomic E-state index is 15.1. The minimum atomic E-state index is -4.36. The zero-order valence-electron chi connectivity index (χ0n) is 24.5. The predicted molar refractivity (Wildman–Crippen MR) is 161 cm³/mol. The van der Waals surface area contributed by atoms with E-state index in [0.717, 1.165) is 73.7 Å². The Morgan fingerprint density at radius 2 is 1.13 bits per heavy atom. The molecule has 0 aliphatic rings. The highest BCUT2D eigenvalue weighted by Crippen LogP contribution is 2.38. The summed E-state index contributed by atoms with van der Waals surface area (Å²) < 4.78 is 108. The van der Waals surface area contributed by atoms with Crippen molar-refractivity contribution in [2.24, 2.45) is 0 Å². The van der Waals surface area contributed by atoms with Crippen LogP contribution in [-0.2, 0) is 12.5 Å². The zero-order chi connectivity index (χ0) is 33.0. The second-order valence-electron chi connectivity index (χ2n) is 10.7. The Bertz CT molecular complexity index is 1870. The Kier molecular flexibility index (Phi) is 9.47. The van der Waals surface area contributed by atoms with Crippen molar-refractivity contribution < 1.29 is 35.5 Å². The molecule has 234 valence electrons. The fourth-order valence-corrected chi connectivity index (χ4v) is 5.14. The van der Waals surface area contributed by atoms with E-state index in [1.165, 1.54) is 30.3 Å². The molecule has 0 heterocycles. The van der Waals surface area contributed by atoms with Crippen LogP contribution >= 0.6 is 0 Å². The second-order valence-corrected chi connectivity index (χ2v) is 10.7. The standard InChI is InChI=1S/C37H26F7NO/c1-2-3-4-5-22-6-8-24(9-7-22)26-17-34(41)36(35(42)18-26)37(43,44)46-28-13-10-23(11-14-28)25-12-15-29(31(38)16-25)27-19-32(39)30(21-45)33(40)20-27/h6-20H,2-5H2,1H3. The molecule has 0 unspecified atom stereocenters. The van der Waals surface area contributed by atoms with Gasteiger partial charge in [0, 0.05) is 5.56 Å². The first-order chi connectivity index (χ1) is 22.0. The number of alkyl halides is 2. The number of rotatable bonds is 10. The van der Waals surface area contributed by atoms with Crippen LogP contribution in [-0.4, -0.2) is 0 Å². The quantitative estimate of drug-likeness (QED) is 0.113. The summed E-state index contributed by atoms with van der Waals surface area (Å²) in [6, 6.07) is 20.6. The number of nitrogens with zero attached hydrogens (tertiary/aromatic N) is 1. The number of unbranched alkanes of at least 4 members (excludes halogenated alkanes) is 2. The summed E-state index contributed by atoms with van der Waals surface area (Å²) in [6.07, 6.45) is -0.309. The van der Waals surface area contributed by atoms with Gasteiger partial charge in [-0.15, -0.1) is 0 Å². The average molecular weight is 634 g/mol. The van der Waals surface area contributed by atoms with Crippen molar-refractivity contribution in [3.8, 4) is 45.2 Å². The molecule has 0 atom stereocenters. The number of nitriles is 1. The first-order valence-electron chi connectivity index (χ1n) is 14.5. The fourth-order valence-electron chi connectivity index (χ4n) is 5.14. The summed E-state index contributed by atoms with van der Waals surface area (Å²) in [7, 11) is 0. The Morgan fingerprint density at radius 3 is 1.70 bits per heavy atom. The van der Waals surface area contributed by atoms with Gasteiger partial charge in [-0.25, -0.2) is 22.0 Å². The summed E-state index contributed by atoms with van der Waals surface area (Å²) in [5.74, 6) is -6.44. The van der Waals surface area contributed by atoms with Crippen molar-refractivity contribution in [3.05, 3.63) is 137 Å². The Morgan fingerprint density at radius 1 is 0.609 bits per heavy atom. The van der Waals surface area contributed by atoms with Crippen LogP contribution in [0, 0.1) is 40.4 Å². The van der Waals surface area contributed by atoms with Crippen LogP contribution in [0.25, 0.3) is 33.4 Å². The highest BCUT2D eigenvalue weighted by molar-refractivity contribution is 5.72. The van der Waals surface area contributed by atoms with Crippen molar-refractivity contribution in [2.45, 2.75) is 38.7 Å². The molecule has 0 aliphatic carbocycles. The van der Waals surface area contributed by atoms with Crippen molar-refractivity contribution in [2.75, 3.05) is 0 Å². The maximum atomic E-state index is 15.1. The van der Waals surface area contributed by atoms with Crippen LogP contribution < -0.4 is 4.74 Å². The summed E-state index contributed by atoms with van der Waals surface area (Å²) in [6.45, 7) is 2.10. The molecule has 0 aromatic heterocycles. The van der Waals surface area contributed by atoms with E-state index in [-0.39, 0.29) is 16.7 Å². The van der Waals surface area contributed by atoms with Crippen molar-refractivity contribution >= 4 is 0 Å². The summed E-state index contributed by atoms with van der Waals surface area (Å²) in [5, 5.41) is 8.83. The Balaban J connectivity index is 1.32. The normalized spacial score (nSPS) is 11.4. The van der Waals surface area contributed by atoms with Crippen molar-refractivity contribution in [1.82, 2.24) is 0 Å². The lowest BCUT2D eigenvalue weighted by Crippen LogP contribution is -2.25. The second kappa shape index (κ2) is 13.5. The number of ether oxygens (including phenoxy) is 1. The SMILES string of the molecule is CCCCCc1ccc(-c2cc(F)c(C(F)(F)Oc3ccc(-c4ccc(-c5cc(F)c(C#N)c(F)c5)c(F)c4)cc3)c(F)c2)cc1. The van der Waals surface area contributed by atoms with Gasteiger partial charge < -0.3 is 4.74 Å². The van der Waals surface area contributed by atoms with E-state index in [0.29, 0.717) is 16.7 Å². The van der Waals surface area contributed by atoms with Crippen LogP contribution in [0.2, 0.25) is 0 Å². The third kappa shape index (κ3) is 6.91. The third-order valence-electron chi connectivity index (χ3n) is 7.56. The number of aryl methyl sites for hydroxylation is 1. The molecular weight excluding hydrogens is 607 g/mol. The van der Waals surface area contributed by atoms with Crippen LogP contribution in [0.1, 0.15) is 42.9 Å². The average Bonchev–Trinajstić information content (AvgIpc) is 3.01. The monoisotopic (exact) mass is 633 g/mol. The zero-order valence-corrected chi connectivity index (χ0v) is 24.5. The van der Waals surface area contributed by atoms with E-state index in [9.17, 15) is 22.0 Å². The van der Waals surface area contributed by atoms with Crippen LogP contribution in [0.4, 0.5) is 30.7 Å². The van der Waals surface area contributed by atoms with Gasteiger partial charge in [0.05, 0.1) is 0 Å². The number of hydrogen-bond acceptors (Lipinski definition) is 2. The van der Waals surface area contributed by atoms with Crippen LogP contribution in [0.3, 0.4) is 0 Å². The largest absolute Gasteiger partial charge is 0.432 e. The van der Waals surface area contributed by atoms with E-state index >= 15 is 8.78 Å². The van der Waals surface area contributed by atoms with Gasteiger partial charge in [-0.1, -0.05) is 68.3 Å². The highest BCUT2D eigenvalue weighted by Gasteiger charge is 2.41. The van der Waals surface area contributed by atoms with E-state index in [2.05, 4.69) is 6.92 Å². The molecule has 0 saturated heterocycles. The van der Waals surface area contributed by atoms with Gasteiger partial charge in [-0.05, 0) is 88.7 Å². The molecule has 5 rings (SSSR count). The summed E-state index contributed by atoms with van der Waals surface area (Å²) in [4.78, 5) is 0. The van der Waals surface area contributed by atoms with Crippen molar-refractivity contribution in [3.63, 3.8) is 0 Å². The van der Waals surface area contributed by atoms with E-state index in [1.807, 2.05) is 12.1 Å². The lowest BCUT2D eigenvalue weighted by atomic mass is 9.98. The molecular formula is C37H26F7NO. The maximum Gasteiger partial charge on any atom is 0.432 e. The number of halogens is 7. The van der Waals surface area contributed by atoms with Gasteiger partial charge in [0.25, 0.3) is 0 Å². The van der Waals surface area contributed by atoms with Gasteiger partial charge in [0.15, 0.2) is 0 Å². The molecule has 0 aliphatic heterocycles. The molecule has 5 aromatic carbocycles. The molecule has 46 heavy (non-hydrogen) atoms. The van der Waals surface area contributed by atoms with E-state index in [4.69, 9.17) is 10.00 Å². The van der Waals surface area contributed by atoms with Crippen molar-refractivity contribution in [1.29, 1.82) is 5.26 Å². The molecule has 0 radical (unpaired) electrons. The van der Waals surface area contributed by atoms with Gasteiger partial charge in [0.2, 0.25) is 0 Å². The summed E-state index contributed by atoms with van der Waals surface area (Å²) >= 11 is 0. The fraction of sp³-hybridized carbons (Fsp3) is 0.162. The minimum absolute atomic E-state index is 0.103. The molecule has 0 saturated carbocycles.